The molecule has 0 spiro atoms. The van der Waals surface area contributed by atoms with Gasteiger partial charge in [-0.15, -0.1) is 0 Å². The van der Waals surface area contributed by atoms with Crippen molar-refractivity contribution in [1.82, 2.24) is 0 Å². The predicted octanol–water partition coefficient (Wildman–Crippen LogP) is 5.22. The summed E-state index contributed by atoms with van der Waals surface area (Å²) >= 11 is 5.91. The number of halogens is 1. The quantitative estimate of drug-likeness (QED) is 0.225. The topological polar surface area (TPSA) is 122 Å². The Hall–Kier alpha value is -3.89. The van der Waals surface area contributed by atoms with Crippen molar-refractivity contribution < 1.29 is 32.9 Å². The molecule has 4 aromatic carbocycles. The van der Waals surface area contributed by atoms with E-state index in [0.29, 0.717) is 33.1 Å². The lowest BCUT2D eigenvalue weighted by molar-refractivity contribution is -0.0381. The minimum atomic E-state index is -3.77. The molecule has 0 bridgehead atoms. The van der Waals surface area contributed by atoms with Crippen LogP contribution in [0.5, 0.6) is 17.2 Å². The van der Waals surface area contributed by atoms with E-state index in [-0.39, 0.29) is 22.8 Å². The van der Waals surface area contributed by atoms with Crippen LogP contribution in [0, 0.1) is 0 Å². The van der Waals surface area contributed by atoms with Gasteiger partial charge in [0, 0.05) is 28.3 Å². The third-order valence-electron chi connectivity index (χ3n) is 5.74. The minimum Gasteiger partial charge on any atom is -0.493 e. The van der Waals surface area contributed by atoms with Crippen LogP contribution in [0.4, 0.5) is 5.69 Å². The smallest absolute Gasteiger partial charge is 0.255 e. The van der Waals surface area contributed by atoms with Gasteiger partial charge >= 0.3 is 0 Å². The summed E-state index contributed by atoms with van der Waals surface area (Å²) in [4.78, 5) is 12.9. The summed E-state index contributed by atoms with van der Waals surface area (Å²) in [5.41, 5.74) is 1.61. The zero-order valence-corrected chi connectivity index (χ0v) is 22.4. The second-order valence-electron chi connectivity index (χ2n) is 8.63. The maximum atomic E-state index is 13.3. The summed E-state index contributed by atoms with van der Waals surface area (Å²) in [6.45, 7) is 0. The molecule has 0 aliphatic carbocycles. The number of aliphatic hydroxyl groups excluding tert-OH is 1. The van der Waals surface area contributed by atoms with Crippen molar-refractivity contribution in [3.63, 3.8) is 0 Å². The third-order valence-corrected chi connectivity index (χ3v) is 7.67. The second-order valence-corrected chi connectivity index (χ2v) is 11.1. The number of nitrogens with one attached hydrogen (secondary N) is 1. The molecule has 0 aromatic heterocycles. The molecule has 0 aliphatic rings. The Morgan fingerprint density at radius 3 is 2.26 bits per heavy atom. The summed E-state index contributed by atoms with van der Waals surface area (Å²) in [6, 6.07) is 23.9. The van der Waals surface area contributed by atoms with Crippen molar-refractivity contribution in [2.45, 2.75) is 23.4 Å². The Labute approximate surface area is 231 Å². The fourth-order valence-electron chi connectivity index (χ4n) is 3.85. The van der Waals surface area contributed by atoms with Crippen LogP contribution in [0.15, 0.2) is 95.9 Å². The van der Waals surface area contributed by atoms with Crippen molar-refractivity contribution >= 4 is 33.0 Å². The van der Waals surface area contributed by atoms with Crippen molar-refractivity contribution in [1.29, 1.82) is 0 Å². The fourth-order valence-corrected chi connectivity index (χ4v) is 5.35. The van der Waals surface area contributed by atoms with E-state index in [4.69, 9.17) is 21.1 Å². The van der Waals surface area contributed by atoms with Gasteiger partial charge < -0.3 is 25.0 Å². The average molecular weight is 568 g/mol. The number of rotatable bonds is 10. The van der Waals surface area contributed by atoms with E-state index in [2.05, 4.69) is 5.32 Å². The normalized spacial score (nSPS) is 11.3. The molecule has 0 radical (unpaired) electrons. The van der Waals surface area contributed by atoms with Crippen LogP contribution in [0.3, 0.4) is 0 Å². The maximum Gasteiger partial charge on any atom is 0.255 e. The van der Waals surface area contributed by atoms with Crippen molar-refractivity contribution in [3.05, 3.63) is 113 Å². The highest BCUT2D eigenvalue weighted by Gasteiger charge is 2.20. The van der Waals surface area contributed by atoms with E-state index in [1.807, 2.05) is 0 Å². The van der Waals surface area contributed by atoms with Gasteiger partial charge in [-0.1, -0.05) is 35.9 Å². The molecule has 1 amide bonds. The summed E-state index contributed by atoms with van der Waals surface area (Å²) in [7, 11) is -2.32. The third kappa shape index (κ3) is 7.36. The van der Waals surface area contributed by atoms with Crippen molar-refractivity contribution in [2.24, 2.45) is 0 Å². The van der Waals surface area contributed by atoms with E-state index < -0.39 is 27.8 Å². The van der Waals surface area contributed by atoms with Gasteiger partial charge in [0.1, 0.15) is 5.75 Å². The number of carbonyl (C=O) groups excluding carboxylic acids is 1. The number of carbonyl (C=O) groups is 1. The molecule has 8 nitrogen and oxygen atoms in total. The van der Waals surface area contributed by atoms with E-state index in [1.54, 1.807) is 72.8 Å². The number of methoxy groups -OCH3 is 1. The van der Waals surface area contributed by atoms with Crippen molar-refractivity contribution in [3.8, 4) is 17.2 Å². The molecule has 39 heavy (non-hydrogen) atoms. The Morgan fingerprint density at radius 2 is 1.59 bits per heavy atom. The van der Waals surface area contributed by atoms with Crippen molar-refractivity contribution in [2.75, 3.05) is 12.4 Å². The highest BCUT2D eigenvalue weighted by atomic mass is 35.5. The number of benzene rings is 4. The fraction of sp³-hybridized carbons (Fsp3) is 0.138. The number of anilines is 1. The predicted molar refractivity (Wildman–Crippen MR) is 148 cm³/mol. The largest absolute Gasteiger partial charge is 0.493 e. The Balaban J connectivity index is 1.71. The molecule has 0 heterocycles. The molecule has 4 rings (SSSR count). The molecule has 0 unspecified atom stereocenters. The number of amides is 1. The first-order valence-electron chi connectivity index (χ1n) is 11.8. The summed E-state index contributed by atoms with van der Waals surface area (Å²) in [6.07, 6.45) is -1.59. The Morgan fingerprint density at radius 1 is 0.897 bits per heavy atom. The summed E-state index contributed by atoms with van der Waals surface area (Å²) in [5.74, 6) is 0.0391. The lowest BCUT2D eigenvalue weighted by atomic mass is 10.1. The van der Waals surface area contributed by atoms with Gasteiger partial charge in [-0.05, 0) is 72.3 Å². The number of hydrogen-bond acceptors (Lipinski definition) is 7. The molecule has 3 N–H and O–H groups in total. The first-order valence-corrected chi connectivity index (χ1v) is 13.9. The SMILES string of the molecule is COc1ccc(CC(O)O)cc1Oc1ccc(NC(=O)c2ccc(Cl)cc2)cc1CS(=O)(=O)c1ccccc1. The van der Waals surface area contributed by atoms with Crippen LogP contribution >= 0.6 is 11.6 Å². The molecule has 10 heteroatoms. The molecule has 0 fully saturated rings. The van der Waals surface area contributed by atoms with Gasteiger partial charge in [0.15, 0.2) is 27.6 Å². The van der Waals surface area contributed by atoms with E-state index in [9.17, 15) is 23.4 Å². The van der Waals surface area contributed by atoms with Crippen LogP contribution < -0.4 is 14.8 Å². The highest BCUT2D eigenvalue weighted by molar-refractivity contribution is 7.90. The number of aliphatic hydroxyl groups is 2. The molecular formula is C29H26ClNO7S. The van der Waals surface area contributed by atoms with Crippen LogP contribution in [0.25, 0.3) is 0 Å². The van der Waals surface area contributed by atoms with E-state index in [0.717, 1.165) is 0 Å². The molecular weight excluding hydrogens is 542 g/mol. The molecule has 0 saturated heterocycles. The number of sulfone groups is 1. The standard InChI is InChI=1S/C29H26ClNO7S/c1-37-26-13-7-19(16-28(32)33)15-27(26)38-25-14-12-23(31-29(34)20-8-10-22(30)11-9-20)17-21(25)18-39(35,36)24-5-3-2-4-6-24/h2-15,17,28,32-33H,16,18H2,1H3,(H,31,34). The molecule has 0 atom stereocenters. The van der Waals surface area contributed by atoms with Gasteiger partial charge in [-0.25, -0.2) is 8.42 Å². The summed E-state index contributed by atoms with van der Waals surface area (Å²) in [5, 5.41) is 22.0. The van der Waals surface area contributed by atoms with Crippen LogP contribution in [-0.2, 0) is 22.0 Å². The zero-order valence-electron chi connectivity index (χ0n) is 20.9. The Bertz CT molecular complexity index is 1560. The minimum absolute atomic E-state index is 0.0364. The molecule has 0 aliphatic heterocycles. The van der Waals surface area contributed by atoms with Gasteiger partial charge in [-0.3, -0.25) is 4.79 Å². The first-order chi connectivity index (χ1) is 18.6. The molecule has 4 aromatic rings. The number of hydrogen-bond donors (Lipinski definition) is 3. The lowest BCUT2D eigenvalue weighted by Gasteiger charge is -2.17. The van der Waals surface area contributed by atoms with Gasteiger partial charge in [-0.2, -0.15) is 0 Å². The van der Waals surface area contributed by atoms with Crippen LogP contribution in [-0.4, -0.2) is 37.9 Å². The van der Waals surface area contributed by atoms with Gasteiger partial charge in [0.2, 0.25) is 0 Å². The van der Waals surface area contributed by atoms with Crippen LogP contribution in [0.1, 0.15) is 21.5 Å². The first kappa shape index (κ1) is 28.1. The summed E-state index contributed by atoms with van der Waals surface area (Å²) < 4.78 is 38.0. The Kier molecular flexibility index (Phi) is 8.88. The molecule has 202 valence electrons. The van der Waals surface area contributed by atoms with Gasteiger partial charge in [0.25, 0.3) is 5.91 Å². The average Bonchev–Trinajstić information content (AvgIpc) is 2.90. The zero-order chi connectivity index (χ0) is 28.0. The van der Waals surface area contributed by atoms with E-state index in [1.165, 1.54) is 25.3 Å². The number of ether oxygens (including phenoxy) is 2. The monoisotopic (exact) mass is 567 g/mol. The van der Waals surface area contributed by atoms with Gasteiger partial charge in [0.05, 0.1) is 17.8 Å². The lowest BCUT2D eigenvalue weighted by Crippen LogP contribution is -2.13. The van der Waals surface area contributed by atoms with Crippen LogP contribution in [0.2, 0.25) is 5.02 Å². The highest BCUT2D eigenvalue weighted by Crippen LogP contribution is 2.36. The maximum absolute atomic E-state index is 13.3. The molecule has 0 saturated carbocycles. The second kappa shape index (κ2) is 12.3. The van der Waals surface area contributed by atoms with E-state index >= 15 is 0 Å².